The number of halogens is 2. The van der Waals surface area contributed by atoms with Crippen LogP contribution >= 0.6 is 45.2 Å². The normalized spacial score (nSPS) is 27.0. The maximum Gasteiger partial charge on any atom is 0.303 e. The van der Waals surface area contributed by atoms with E-state index in [2.05, 4.69) is 0 Å². The van der Waals surface area contributed by atoms with Crippen molar-refractivity contribution < 1.29 is 95.2 Å². The van der Waals surface area contributed by atoms with E-state index in [-0.39, 0.29) is 11.5 Å². The number of ether oxygens (including phenoxy) is 12. The highest BCUT2D eigenvalue weighted by atomic mass is 127. The average molecular weight is 1020 g/mol. The Balaban J connectivity index is 2.05. The number of benzene rings is 1. The van der Waals surface area contributed by atoms with E-state index in [1.807, 2.05) is 45.2 Å². The largest absolute Gasteiger partial charge is 0.463 e. The fraction of sp³-hybridized carbons (Fsp3) is 0.588. The van der Waals surface area contributed by atoms with Crippen LogP contribution < -0.4 is 9.47 Å². The van der Waals surface area contributed by atoms with Crippen LogP contribution in [0.15, 0.2) is 12.1 Å². The Hall–Kier alpha value is -4.04. The summed E-state index contributed by atoms with van der Waals surface area (Å²) in [6.45, 7) is 7.83. The summed E-state index contributed by atoms with van der Waals surface area (Å²) in [7, 11) is 0. The predicted molar refractivity (Wildman–Crippen MR) is 197 cm³/mol. The lowest BCUT2D eigenvalue weighted by Gasteiger charge is -2.44. The highest BCUT2D eigenvalue weighted by Gasteiger charge is 2.55. The molecular weight excluding hydrogens is 982 g/mol. The van der Waals surface area contributed by atoms with Crippen molar-refractivity contribution >= 4 is 92.9 Å². The van der Waals surface area contributed by atoms with E-state index in [9.17, 15) is 38.4 Å². The third-order valence-corrected chi connectivity index (χ3v) is 9.06. The lowest BCUT2D eigenvalue weighted by atomic mass is 9.98. The summed E-state index contributed by atoms with van der Waals surface area (Å²) in [5, 5.41) is 0. The van der Waals surface area contributed by atoms with E-state index in [0.29, 0.717) is 7.14 Å². The Bertz CT molecular complexity index is 1550. The average Bonchev–Trinajstić information content (AvgIpc) is 3.05. The van der Waals surface area contributed by atoms with Gasteiger partial charge in [-0.2, -0.15) is 0 Å². The Kier molecular flexibility index (Phi) is 17.3. The zero-order valence-corrected chi connectivity index (χ0v) is 35.6. The van der Waals surface area contributed by atoms with Crippen molar-refractivity contribution in [1.29, 1.82) is 0 Å². The van der Waals surface area contributed by atoms with Crippen molar-refractivity contribution in [2.75, 3.05) is 13.2 Å². The van der Waals surface area contributed by atoms with Gasteiger partial charge in [0.2, 0.25) is 24.8 Å². The summed E-state index contributed by atoms with van der Waals surface area (Å²) in [5.74, 6) is -6.13. The third-order valence-electron chi connectivity index (χ3n) is 7.37. The second-order valence-electron chi connectivity index (χ2n) is 12.1. The van der Waals surface area contributed by atoms with Crippen molar-refractivity contribution in [2.45, 2.75) is 117 Å². The first-order valence-corrected chi connectivity index (χ1v) is 18.8. The molecule has 3 rings (SSSR count). The quantitative estimate of drug-likeness (QED) is 0.146. The molecule has 310 valence electrons. The molecule has 20 nitrogen and oxygen atoms in total. The van der Waals surface area contributed by atoms with Crippen LogP contribution in [-0.2, 0) is 85.7 Å². The van der Waals surface area contributed by atoms with E-state index < -0.39 is 122 Å². The molecule has 1 aromatic carbocycles. The van der Waals surface area contributed by atoms with Gasteiger partial charge in [0.15, 0.2) is 24.4 Å². The second kappa shape index (κ2) is 20.9. The number of esters is 8. The maximum atomic E-state index is 12.3. The number of carbonyl (C=O) groups excluding carboxylic acids is 8. The number of hydrogen-bond donors (Lipinski definition) is 0. The van der Waals surface area contributed by atoms with Crippen molar-refractivity contribution in [3.05, 3.63) is 19.3 Å². The Morgan fingerprint density at radius 1 is 0.446 bits per heavy atom. The van der Waals surface area contributed by atoms with Crippen LogP contribution in [0.2, 0.25) is 0 Å². The first kappa shape index (κ1) is 46.3. The molecule has 2 aliphatic rings. The fourth-order valence-electron chi connectivity index (χ4n) is 5.51. The van der Waals surface area contributed by atoms with Gasteiger partial charge in [-0.1, -0.05) is 0 Å². The highest BCUT2D eigenvalue weighted by molar-refractivity contribution is 14.1. The van der Waals surface area contributed by atoms with Crippen LogP contribution in [0.4, 0.5) is 0 Å². The molecule has 0 bridgehead atoms. The summed E-state index contributed by atoms with van der Waals surface area (Å²) >= 11 is 3.76. The molecule has 0 radical (unpaired) electrons. The molecule has 2 aliphatic heterocycles. The zero-order chi connectivity index (χ0) is 42.0. The molecule has 2 fully saturated rings. The van der Waals surface area contributed by atoms with Gasteiger partial charge in [-0.05, 0) is 57.3 Å². The molecule has 56 heavy (non-hydrogen) atoms. The van der Waals surface area contributed by atoms with E-state index in [4.69, 9.17) is 56.8 Å². The van der Waals surface area contributed by atoms with Crippen LogP contribution in [0.1, 0.15) is 55.4 Å². The van der Waals surface area contributed by atoms with Gasteiger partial charge in [0.05, 0.1) is 7.14 Å². The zero-order valence-electron chi connectivity index (χ0n) is 31.3. The van der Waals surface area contributed by atoms with Gasteiger partial charge in [-0.25, -0.2) is 0 Å². The first-order chi connectivity index (χ1) is 26.2. The first-order valence-electron chi connectivity index (χ1n) is 16.6. The minimum Gasteiger partial charge on any atom is -0.463 e. The van der Waals surface area contributed by atoms with Crippen LogP contribution in [0.25, 0.3) is 0 Å². The molecule has 0 aromatic heterocycles. The molecule has 6 unspecified atom stereocenters. The summed E-state index contributed by atoms with van der Waals surface area (Å²) in [5.41, 5.74) is 0. The Morgan fingerprint density at radius 2 is 0.714 bits per heavy atom. The van der Waals surface area contributed by atoms with Crippen molar-refractivity contribution in [3.8, 4) is 11.5 Å². The molecular formula is C34H40I2O20. The maximum absolute atomic E-state index is 12.3. The number of rotatable bonds is 14. The Labute approximate surface area is 347 Å². The standard InChI is InChI=1S/C34H40I2O20/c1-13(37)45-11-25-27(47-15(3)39)29(49-17(5)41)31(51-19(7)43)33(55-25)53-23-9-22(36)24(10-21(23)35)54-34-32(52-20(8)44)30(50-18(6)42)28(48-16(4)40)26(56-34)12-46-14(2)38/h9-10,25-34H,11-12H2,1-8H3/t25?,26?,27-,28-,29?,30?,31?,32?,33-,34-/m1/s1. The molecule has 0 spiro atoms. The van der Waals surface area contributed by atoms with Gasteiger partial charge in [-0.15, -0.1) is 0 Å². The van der Waals surface area contributed by atoms with Crippen LogP contribution in [0, 0.1) is 7.14 Å². The Morgan fingerprint density at radius 3 is 0.982 bits per heavy atom. The van der Waals surface area contributed by atoms with Crippen LogP contribution in [0.5, 0.6) is 11.5 Å². The predicted octanol–water partition coefficient (Wildman–Crippen LogP) is 1.82. The lowest BCUT2D eigenvalue weighted by molar-refractivity contribution is -0.289. The molecule has 2 heterocycles. The van der Waals surface area contributed by atoms with Gasteiger partial charge < -0.3 is 56.8 Å². The summed E-state index contributed by atoms with van der Waals surface area (Å²) in [6.07, 6.45) is -14.5. The second-order valence-corrected chi connectivity index (χ2v) is 14.4. The van der Waals surface area contributed by atoms with E-state index in [1.165, 1.54) is 12.1 Å². The van der Waals surface area contributed by atoms with Gasteiger partial charge in [-0.3, -0.25) is 38.4 Å². The summed E-state index contributed by atoms with van der Waals surface area (Å²) < 4.78 is 68.0. The monoisotopic (exact) mass is 1020 g/mol. The van der Waals surface area contributed by atoms with Crippen LogP contribution in [0.3, 0.4) is 0 Å². The van der Waals surface area contributed by atoms with E-state index >= 15 is 0 Å². The molecule has 0 N–H and O–H groups in total. The molecule has 2 saturated heterocycles. The smallest absolute Gasteiger partial charge is 0.303 e. The van der Waals surface area contributed by atoms with Crippen molar-refractivity contribution in [1.82, 2.24) is 0 Å². The molecule has 10 atom stereocenters. The van der Waals surface area contributed by atoms with Gasteiger partial charge >= 0.3 is 47.8 Å². The summed E-state index contributed by atoms with van der Waals surface area (Å²) in [6, 6.07) is 2.94. The molecule has 0 aliphatic carbocycles. The summed E-state index contributed by atoms with van der Waals surface area (Å²) in [4.78, 5) is 96.6. The molecule has 22 heteroatoms. The number of hydrogen-bond acceptors (Lipinski definition) is 20. The van der Waals surface area contributed by atoms with Crippen molar-refractivity contribution in [3.63, 3.8) is 0 Å². The fourth-order valence-corrected chi connectivity index (χ4v) is 6.64. The van der Waals surface area contributed by atoms with Gasteiger partial charge in [0.1, 0.15) is 36.9 Å². The number of carbonyl (C=O) groups is 8. The topological polar surface area (TPSA) is 247 Å². The van der Waals surface area contributed by atoms with E-state index in [0.717, 1.165) is 55.4 Å². The minimum atomic E-state index is -1.55. The van der Waals surface area contributed by atoms with Gasteiger partial charge in [0, 0.05) is 55.4 Å². The van der Waals surface area contributed by atoms with Crippen LogP contribution in [-0.4, -0.2) is 122 Å². The molecule has 0 saturated carbocycles. The third kappa shape index (κ3) is 13.6. The molecule has 0 amide bonds. The lowest BCUT2D eigenvalue weighted by Crippen LogP contribution is -2.63. The SMILES string of the molecule is CC(=O)OCC1O[C@@H](Oc2cc(I)c(O[C@@H]3OC(COC(C)=O)[C@@H](OC(C)=O)C(OC(C)=O)C3OC(C)=O)cc2I)C(OC(C)=O)C(OC(C)=O)[C@@H]1OC(C)=O. The van der Waals surface area contributed by atoms with Crippen molar-refractivity contribution in [2.24, 2.45) is 0 Å². The minimum absolute atomic E-state index is 0.102. The molecule has 1 aromatic rings. The van der Waals surface area contributed by atoms with E-state index in [1.54, 1.807) is 0 Å². The van der Waals surface area contributed by atoms with Gasteiger partial charge in [0.25, 0.3) is 0 Å². The highest BCUT2D eigenvalue weighted by Crippen LogP contribution is 2.38.